The molecular formula is C9H20N2O2S. The second-order valence-corrected chi connectivity index (χ2v) is 6.15. The molecular weight excluding hydrogens is 200 g/mol. The molecule has 0 saturated carbocycles. The van der Waals surface area contributed by atoms with Gasteiger partial charge in [-0.25, -0.2) is 8.42 Å². The summed E-state index contributed by atoms with van der Waals surface area (Å²) in [6.07, 6.45) is 0. The van der Waals surface area contributed by atoms with Crippen molar-refractivity contribution < 1.29 is 8.42 Å². The van der Waals surface area contributed by atoms with Crippen LogP contribution in [0.5, 0.6) is 0 Å². The minimum Gasteiger partial charge on any atom is -0.314 e. The van der Waals surface area contributed by atoms with E-state index in [0.29, 0.717) is 18.3 Å². The summed E-state index contributed by atoms with van der Waals surface area (Å²) in [5.41, 5.74) is 0. The fraction of sp³-hybridized carbons (Fsp3) is 1.00. The van der Waals surface area contributed by atoms with Crippen LogP contribution in [0.25, 0.3) is 0 Å². The molecule has 0 aromatic rings. The van der Waals surface area contributed by atoms with Crippen LogP contribution in [-0.4, -0.2) is 57.0 Å². The van der Waals surface area contributed by atoms with Gasteiger partial charge in [-0.2, -0.15) is 0 Å². The minimum absolute atomic E-state index is 0.257. The van der Waals surface area contributed by atoms with Crippen molar-refractivity contribution in [2.24, 2.45) is 0 Å². The maximum Gasteiger partial charge on any atom is 0.151 e. The maximum atomic E-state index is 11.3. The molecule has 0 aromatic heterocycles. The normalized spacial score (nSPS) is 18.5. The first-order chi connectivity index (χ1) is 6.59. The van der Waals surface area contributed by atoms with Crippen LogP contribution in [0.15, 0.2) is 0 Å². The molecule has 0 aromatic carbocycles. The average Bonchev–Trinajstić information content (AvgIpc) is 2.09. The van der Waals surface area contributed by atoms with E-state index in [4.69, 9.17) is 0 Å². The van der Waals surface area contributed by atoms with E-state index < -0.39 is 9.84 Å². The predicted octanol–water partition coefficient (Wildman–Crippen LogP) is -0.285. The maximum absolute atomic E-state index is 11.3. The van der Waals surface area contributed by atoms with Crippen molar-refractivity contribution in [3.63, 3.8) is 0 Å². The zero-order valence-corrected chi connectivity index (χ0v) is 9.81. The summed E-state index contributed by atoms with van der Waals surface area (Å²) in [5.74, 6) is 0.557. The van der Waals surface area contributed by atoms with Gasteiger partial charge >= 0.3 is 0 Å². The Kier molecular flexibility index (Phi) is 4.34. The summed E-state index contributed by atoms with van der Waals surface area (Å²) >= 11 is 0. The first kappa shape index (κ1) is 11.9. The molecule has 0 radical (unpaired) electrons. The van der Waals surface area contributed by atoms with E-state index >= 15 is 0 Å². The zero-order valence-electron chi connectivity index (χ0n) is 8.99. The van der Waals surface area contributed by atoms with Crippen LogP contribution in [0.3, 0.4) is 0 Å². The first-order valence-electron chi connectivity index (χ1n) is 5.24. The highest BCUT2D eigenvalue weighted by atomic mass is 32.2. The van der Waals surface area contributed by atoms with Crippen molar-refractivity contribution in [2.45, 2.75) is 19.9 Å². The highest BCUT2D eigenvalue weighted by Gasteiger charge is 2.23. The molecule has 1 aliphatic rings. The van der Waals surface area contributed by atoms with Gasteiger partial charge in [0.1, 0.15) is 0 Å². The van der Waals surface area contributed by atoms with Gasteiger partial charge in [0, 0.05) is 31.4 Å². The fourth-order valence-corrected chi connectivity index (χ4v) is 2.33. The molecule has 0 unspecified atom stereocenters. The van der Waals surface area contributed by atoms with E-state index in [-0.39, 0.29) is 5.75 Å². The van der Waals surface area contributed by atoms with Gasteiger partial charge in [0.25, 0.3) is 0 Å². The van der Waals surface area contributed by atoms with E-state index in [2.05, 4.69) is 17.1 Å². The zero-order chi connectivity index (χ0) is 10.6. The summed E-state index contributed by atoms with van der Waals surface area (Å²) in [6.45, 7) is 7.40. The van der Waals surface area contributed by atoms with Crippen LogP contribution in [-0.2, 0) is 9.84 Å². The molecule has 1 saturated heterocycles. The summed E-state index contributed by atoms with van der Waals surface area (Å²) in [7, 11) is -2.80. The number of sulfone groups is 1. The van der Waals surface area contributed by atoms with Crippen LogP contribution in [0.2, 0.25) is 0 Å². The van der Waals surface area contributed by atoms with Crippen LogP contribution >= 0.6 is 0 Å². The van der Waals surface area contributed by atoms with Gasteiger partial charge in [0.2, 0.25) is 0 Å². The van der Waals surface area contributed by atoms with Crippen LogP contribution in [0.4, 0.5) is 0 Å². The summed E-state index contributed by atoms with van der Waals surface area (Å²) < 4.78 is 22.6. The Morgan fingerprint density at radius 1 is 1.36 bits per heavy atom. The van der Waals surface area contributed by atoms with E-state index in [9.17, 15) is 8.42 Å². The summed E-state index contributed by atoms with van der Waals surface area (Å²) in [5, 5.41) is 3.20. The molecule has 1 heterocycles. The van der Waals surface area contributed by atoms with Gasteiger partial charge in [-0.15, -0.1) is 0 Å². The van der Waals surface area contributed by atoms with E-state index in [0.717, 1.165) is 19.6 Å². The average molecular weight is 220 g/mol. The third-order valence-corrected chi connectivity index (χ3v) is 4.50. The van der Waals surface area contributed by atoms with Gasteiger partial charge < -0.3 is 5.32 Å². The van der Waals surface area contributed by atoms with Crippen LogP contribution in [0.1, 0.15) is 13.8 Å². The molecule has 1 N–H and O–H groups in total. The largest absolute Gasteiger partial charge is 0.314 e. The first-order valence-corrected chi connectivity index (χ1v) is 7.06. The molecule has 1 aliphatic heterocycles. The van der Waals surface area contributed by atoms with Crippen molar-refractivity contribution in [1.82, 2.24) is 10.2 Å². The van der Waals surface area contributed by atoms with Crippen molar-refractivity contribution in [1.29, 1.82) is 0 Å². The smallest absolute Gasteiger partial charge is 0.151 e. The molecule has 0 aliphatic carbocycles. The van der Waals surface area contributed by atoms with Crippen LogP contribution in [0, 0.1) is 0 Å². The Morgan fingerprint density at radius 2 is 2.00 bits per heavy atom. The van der Waals surface area contributed by atoms with E-state index in [1.165, 1.54) is 0 Å². The molecule has 0 bridgehead atoms. The molecule has 5 heteroatoms. The molecule has 84 valence electrons. The highest BCUT2D eigenvalue weighted by molar-refractivity contribution is 7.91. The van der Waals surface area contributed by atoms with Crippen molar-refractivity contribution in [2.75, 3.05) is 37.7 Å². The summed E-state index contributed by atoms with van der Waals surface area (Å²) in [6, 6.07) is 0.548. The minimum atomic E-state index is -2.80. The van der Waals surface area contributed by atoms with Crippen molar-refractivity contribution >= 4 is 9.84 Å². The van der Waals surface area contributed by atoms with Gasteiger partial charge in [0.05, 0.1) is 5.75 Å². The lowest BCUT2D eigenvalue weighted by atomic mass is 10.1. The Bertz CT molecular complexity index is 260. The molecule has 1 fully saturated rings. The second-order valence-electron chi connectivity index (χ2n) is 3.68. The van der Waals surface area contributed by atoms with Crippen LogP contribution < -0.4 is 5.32 Å². The molecule has 0 amide bonds. The fourth-order valence-electron chi connectivity index (χ4n) is 1.53. The lowest BCUT2D eigenvalue weighted by molar-refractivity contribution is 0.161. The Balaban J connectivity index is 2.34. The number of likely N-dealkylation sites (N-methyl/N-ethyl adjacent to an activating group) is 1. The SMILES string of the molecule is CCN(CCS(=O)(=O)CC)C1CNC1. The third kappa shape index (κ3) is 3.22. The molecule has 1 rings (SSSR count). The topological polar surface area (TPSA) is 49.4 Å². The quantitative estimate of drug-likeness (QED) is 0.668. The second kappa shape index (κ2) is 5.09. The molecule has 0 atom stereocenters. The number of hydrogen-bond donors (Lipinski definition) is 1. The third-order valence-electron chi connectivity index (χ3n) is 2.81. The number of nitrogens with zero attached hydrogens (tertiary/aromatic N) is 1. The van der Waals surface area contributed by atoms with Gasteiger partial charge in [-0.1, -0.05) is 13.8 Å². The lowest BCUT2D eigenvalue weighted by Crippen LogP contribution is -2.57. The monoisotopic (exact) mass is 220 g/mol. The Morgan fingerprint density at radius 3 is 2.36 bits per heavy atom. The predicted molar refractivity (Wildman–Crippen MR) is 58.2 cm³/mol. The molecule has 14 heavy (non-hydrogen) atoms. The highest BCUT2D eigenvalue weighted by Crippen LogP contribution is 2.05. The lowest BCUT2D eigenvalue weighted by Gasteiger charge is -2.37. The number of rotatable bonds is 6. The van der Waals surface area contributed by atoms with Gasteiger partial charge in [0.15, 0.2) is 9.84 Å². The number of nitrogens with one attached hydrogen (secondary N) is 1. The molecule has 4 nitrogen and oxygen atoms in total. The van der Waals surface area contributed by atoms with Gasteiger partial charge in [-0.05, 0) is 6.54 Å². The van der Waals surface area contributed by atoms with Crippen molar-refractivity contribution in [3.05, 3.63) is 0 Å². The molecule has 0 spiro atoms. The Labute approximate surface area is 86.6 Å². The Hall–Kier alpha value is -0.130. The number of hydrogen-bond acceptors (Lipinski definition) is 4. The summed E-state index contributed by atoms with van der Waals surface area (Å²) in [4.78, 5) is 2.24. The van der Waals surface area contributed by atoms with Crippen molar-refractivity contribution in [3.8, 4) is 0 Å². The van der Waals surface area contributed by atoms with E-state index in [1.54, 1.807) is 6.92 Å². The van der Waals surface area contributed by atoms with E-state index in [1.807, 2.05) is 0 Å². The van der Waals surface area contributed by atoms with Gasteiger partial charge in [-0.3, -0.25) is 4.90 Å². The standard InChI is InChI=1S/C9H20N2O2S/c1-3-11(9-7-10-8-9)5-6-14(12,13)4-2/h9-10H,3-8H2,1-2H3.